The maximum Gasteiger partial charge on any atom is 0.189 e. The summed E-state index contributed by atoms with van der Waals surface area (Å²) in [5, 5.41) is 6.88. The van der Waals surface area contributed by atoms with E-state index in [1.807, 2.05) is 36.7 Å². The average molecular weight is 601 g/mol. The Morgan fingerprint density at radius 3 is 2.04 bits per heavy atom. The summed E-state index contributed by atoms with van der Waals surface area (Å²) in [7, 11) is 0. The topological polar surface area (TPSA) is 40.2 Å². The van der Waals surface area contributed by atoms with Crippen LogP contribution in [0.1, 0.15) is 0 Å². The Morgan fingerprint density at radius 2 is 1.23 bits per heavy atom. The molecule has 0 atom stereocenters. The minimum Gasteiger partial charge on any atom is -0.456 e. The van der Waals surface area contributed by atoms with Crippen LogP contribution >= 0.6 is 0 Å². The molecule has 0 unspecified atom stereocenters. The molecule has 0 bridgehead atoms. The second-order valence-corrected chi connectivity index (χ2v) is 11.9. The molecular weight excluding hydrogens is 576 g/mol. The molecule has 47 heavy (non-hydrogen) atoms. The van der Waals surface area contributed by atoms with E-state index in [0.717, 1.165) is 77.3 Å². The highest BCUT2D eigenvalue weighted by Crippen LogP contribution is 2.42. The average Bonchev–Trinajstić information content (AvgIpc) is 3.79. The Bertz CT molecular complexity index is 2880. The number of furan rings is 1. The van der Waals surface area contributed by atoms with E-state index in [1.54, 1.807) is 0 Å². The van der Waals surface area contributed by atoms with Gasteiger partial charge < -0.3 is 13.6 Å². The second-order valence-electron chi connectivity index (χ2n) is 11.9. The van der Waals surface area contributed by atoms with E-state index in [-0.39, 0.29) is 0 Å². The molecule has 10 rings (SSSR count). The van der Waals surface area contributed by atoms with E-state index in [4.69, 9.17) is 11.0 Å². The van der Waals surface area contributed by atoms with Crippen LogP contribution in [0.2, 0.25) is 0 Å². The van der Waals surface area contributed by atoms with Gasteiger partial charge in [-0.2, -0.15) is 0 Å². The first-order valence-corrected chi connectivity index (χ1v) is 15.6. The summed E-state index contributed by atoms with van der Waals surface area (Å²) >= 11 is 0. The van der Waals surface area contributed by atoms with Crippen LogP contribution in [0.5, 0.6) is 0 Å². The highest BCUT2D eigenvalue weighted by Gasteiger charge is 2.19. The second kappa shape index (κ2) is 9.68. The molecular formula is C42H24N4O. The Balaban J connectivity index is 1.21. The van der Waals surface area contributed by atoms with Crippen molar-refractivity contribution >= 4 is 71.2 Å². The molecule has 0 fully saturated rings. The molecule has 0 saturated carbocycles. The van der Waals surface area contributed by atoms with Crippen LogP contribution < -0.4 is 0 Å². The van der Waals surface area contributed by atoms with Gasteiger partial charge in [0.25, 0.3) is 0 Å². The molecule has 0 amide bonds. The summed E-state index contributed by atoms with van der Waals surface area (Å²) in [6.07, 6.45) is 3.80. The lowest BCUT2D eigenvalue weighted by molar-refractivity contribution is 0.669. The van der Waals surface area contributed by atoms with Crippen molar-refractivity contribution in [1.82, 2.24) is 14.1 Å². The van der Waals surface area contributed by atoms with Crippen LogP contribution in [-0.2, 0) is 0 Å². The Hall–Kier alpha value is -6.64. The largest absolute Gasteiger partial charge is 0.456 e. The summed E-state index contributed by atoms with van der Waals surface area (Å²) in [6.45, 7) is 7.99. The number of benzene rings is 6. The van der Waals surface area contributed by atoms with Gasteiger partial charge in [0.15, 0.2) is 5.69 Å². The molecule has 218 valence electrons. The van der Waals surface area contributed by atoms with Crippen molar-refractivity contribution in [3.63, 3.8) is 0 Å². The fourth-order valence-electron chi connectivity index (χ4n) is 7.43. The summed E-state index contributed by atoms with van der Waals surface area (Å²) in [5.74, 6) is 0. The fourth-order valence-corrected chi connectivity index (χ4v) is 7.43. The third kappa shape index (κ3) is 3.67. The number of hydrogen-bond acceptors (Lipinski definition) is 2. The van der Waals surface area contributed by atoms with Crippen LogP contribution in [0.4, 0.5) is 5.69 Å². The van der Waals surface area contributed by atoms with E-state index < -0.39 is 0 Å². The summed E-state index contributed by atoms with van der Waals surface area (Å²) < 4.78 is 10.8. The van der Waals surface area contributed by atoms with Crippen LogP contribution in [0.15, 0.2) is 150 Å². The molecule has 5 nitrogen and oxygen atoms in total. The molecule has 0 radical (unpaired) electrons. The lowest BCUT2D eigenvalue weighted by atomic mass is 10.0. The predicted octanol–water partition coefficient (Wildman–Crippen LogP) is 11.4. The minimum absolute atomic E-state index is 0.597. The molecule has 5 heteroatoms. The van der Waals surface area contributed by atoms with Crippen molar-refractivity contribution in [2.24, 2.45) is 0 Å². The standard InChI is InChI=1S/C42H24N4O/c1-43-28-21-27(23-30(24-28)46-35-14-5-2-11-31(35)32-12-3-6-15-36(32)46)26-9-8-10-29(22-26)45-37-17-18-40-42(34-13-4-7-16-39(34)47-40)41(37)33-19-20-44-25-38(33)45/h2-25H. The zero-order valence-corrected chi connectivity index (χ0v) is 25.1. The molecule has 6 aromatic carbocycles. The smallest absolute Gasteiger partial charge is 0.189 e. The van der Waals surface area contributed by atoms with Gasteiger partial charge in [0.05, 0.1) is 34.8 Å². The van der Waals surface area contributed by atoms with E-state index in [2.05, 4.69) is 128 Å². The lowest BCUT2D eigenvalue weighted by Gasteiger charge is -2.13. The number of nitrogens with zero attached hydrogens (tertiary/aromatic N) is 4. The van der Waals surface area contributed by atoms with Crippen LogP contribution in [0, 0.1) is 6.57 Å². The normalized spacial score (nSPS) is 11.8. The Kier molecular flexibility index (Phi) is 5.28. The Labute approximate surface area is 269 Å². The zero-order valence-electron chi connectivity index (χ0n) is 25.1. The van der Waals surface area contributed by atoms with Crippen molar-refractivity contribution < 1.29 is 4.42 Å². The maximum atomic E-state index is 7.99. The molecule has 0 saturated heterocycles. The SMILES string of the molecule is [C-]#[N+]c1cc(-c2cccc(-n3c4cnccc4c4c5c(ccc43)oc3ccccc35)c2)cc(-n2c3ccccc3c3ccccc32)c1. The van der Waals surface area contributed by atoms with Crippen LogP contribution in [0.3, 0.4) is 0 Å². The van der Waals surface area contributed by atoms with Gasteiger partial charge in [-0.1, -0.05) is 66.7 Å². The first kappa shape index (κ1) is 25.7. The van der Waals surface area contributed by atoms with Gasteiger partial charge in [-0.3, -0.25) is 4.98 Å². The number of pyridine rings is 1. The number of para-hydroxylation sites is 3. The molecule has 0 spiro atoms. The van der Waals surface area contributed by atoms with Gasteiger partial charge in [0.1, 0.15) is 11.2 Å². The van der Waals surface area contributed by atoms with E-state index in [1.165, 1.54) is 10.8 Å². The molecule has 0 aliphatic heterocycles. The fraction of sp³-hybridized carbons (Fsp3) is 0. The molecule has 0 aliphatic rings. The number of hydrogen-bond donors (Lipinski definition) is 0. The number of fused-ring (bicyclic) bond motifs is 10. The molecule has 4 aromatic heterocycles. The van der Waals surface area contributed by atoms with Gasteiger partial charge in [0, 0.05) is 49.9 Å². The zero-order chi connectivity index (χ0) is 31.1. The first-order chi connectivity index (χ1) is 23.3. The molecule has 10 aromatic rings. The number of rotatable bonds is 3. The molecule has 0 N–H and O–H groups in total. The lowest BCUT2D eigenvalue weighted by Crippen LogP contribution is -1.96. The first-order valence-electron chi connectivity index (χ1n) is 15.6. The summed E-state index contributed by atoms with van der Waals surface area (Å²) in [6, 6.07) is 46.2. The monoisotopic (exact) mass is 600 g/mol. The van der Waals surface area contributed by atoms with Crippen molar-refractivity contribution in [3.8, 4) is 22.5 Å². The van der Waals surface area contributed by atoms with E-state index in [0.29, 0.717) is 5.69 Å². The Morgan fingerprint density at radius 1 is 0.511 bits per heavy atom. The van der Waals surface area contributed by atoms with Gasteiger partial charge in [-0.15, -0.1) is 0 Å². The van der Waals surface area contributed by atoms with Gasteiger partial charge >= 0.3 is 0 Å². The molecule has 4 heterocycles. The maximum absolute atomic E-state index is 7.99. The minimum atomic E-state index is 0.597. The van der Waals surface area contributed by atoms with Gasteiger partial charge in [-0.05, 0) is 77.9 Å². The van der Waals surface area contributed by atoms with Crippen LogP contribution in [0.25, 0.3) is 92.9 Å². The van der Waals surface area contributed by atoms with E-state index in [9.17, 15) is 0 Å². The van der Waals surface area contributed by atoms with Crippen molar-refractivity contribution in [3.05, 3.63) is 157 Å². The number of aromatic nitrogens is 3. The highest BCUT2D eigenvalue weighted by molar-refractivity contribution is 6.27. The van der Waals surface area contributed by atoms with Crippen molar-refractivity contribution in [1.29, 1.82) is 0 Å². The molecule has 0 aliphatic carbocycles. The van der Waals surface area contributed by atoms with Crippen LogP contribution in [-0.4, -0.2) is 14.1 Å². The summed E-state index contributed by atoms with van der Waals surface area (Å²) in [5.41, 5.74) is 10.7. The quantitative estimate of drug-likeness (QED) is 0.189. The van der Waals surface area contributed by atoms with Crippen molar-refractivity contribution in [2.75, 3.05) is 0 Å². The van der Waals surface area contributed by atoms with Crippen molar-refractivity contribution in [2.45, 2.75) is 0 Å². The third-order valence-electron chi connectivity index (χ3n) is 9.38. The van der Waals surface area contributed by atoms with Gasteiger partial charge in [-0.25, -0.2) is 4.85 Å². The highest BCUT2D eigenvalue weighted by atomic mass is 16.3. The predicted molar refractivity (Wildman–Crippen MR) is 192 cm³/mol. The third-order valence-corrected chi connectivity index (χ3v) is 9.38. The van der Waals surface area contributed by atoms with E-state index >= 15 is 0 Å². The van der Waals surface area contributed by atoms with Gasteiger partial charge in [0.2, 0.25) is 0 Å². The summed E-state index contributed by atoms with van der Waals surface area (Å²) in [4.78, 5) is 8.44.